The highest BCUT2D eigenvalue weighted by Crippen LogP contribution is 2.19. The Hall–Kier alpha value is -2.66. The van der Waals surface area contributed by atoms with E-state index >= 15 is 0 Å². The van der Waals surface area contributed by atoms with Crippen molar-refractivity contribution in [3.63, 3.8) is 0 Å². The van der Waals surface area contributed by atoms with Crippen LogP contribution in [0, 0.1) is 11.3 Å². The number of anilines is 1. The van der Waals surface area contributed by atoms with Crippen LogP contribution in [0.3, 0.4) is 0 Å². The molecule has 2 amide bonds. The maximum Gasteiger partial charge on any atom is 0.240 e. The summed E-state index contributed by atoms with van der Waals surface area (Å²) in [6.07, 6.45) is 3.02. The minimum Gasteiger partial charge on any atom is -0.368 e. The summed E-state index contributed by atoms with van der Waals surface area (Å²) in [7, 11) is 0. The summed E-state index contributed by atoms with van der Waals surface area (Å²) in [6.45, 7) is 2.99. The van der Waals surface area contributed by atoms with Crippen molar-refractivity contribution in [2.45, 2.75) is 18.9 Å². The summed E-state index contributed by atoms with van der Waals surface area (Å²) in [5.74, 6) is 0.316. The molecule has 126 valence electrons. The molecule has 24 heavy (non-hydrogen) atoms. The third-order valence-corrected chi connectivity index (χ3v) is 4.52. The number of amides is 2. The van der Waals surface area contributed by atoms with Crippen molar-refractivity contribution >= 4 is 17.6 Å². The van der Waals surface area contributed by atoms with Crippen molar-refractivity contribution in [1.29, 1.82) is 5.26 Å². The van der Waals surface area contributed by atoms with E-state index in [1.165, 1.54) is 0 Å². The number of primary amides is 1. The Morgan fingerprint density at radius 2 is 2.17 bits per heavy atom. The van der Waals surface area contributed by atoms with Crippen LogP contribution in [-0.2, 0) is 9.59 Å². The van der Waals surface area contributed by atoms with Crippen LogP contribution >= 0.6 is 0 Å². The number of hydrogen-bond donors (Lipinski definition) is 1. The number of carbonyl (C=O) groups excluding carboxylic acids is 2. The van der Waals surface area contributed by atoms with E-state index in [1.807, 2.05) is 17.0 Å². The van der Waals surface area contributed by atoms with Crippen molar-refractivity contribution in [3.05, 3.63) is 23.9 Å². The van der Waals surface area contributed by atoms with Gasteiger partial charge in [0.1, 0.15) is 17.9 Å². The lowest BCUT2D eigenvalue weighted by atomic mass is 10.2. The van der Waals surface area contributed by atoms with E-state index in [4.69, 9.17) is 11.0 Å². The molecule has 0 spiro atoms. The van der Waals surface area contributed by atoms with E-state index in [-0.39, 0.29) is 12.5 Å². The Balaban J connectivity index is 1.57. The number of pyridine rings is 1. The van der Waals surface area contributed by atoms with Gasteiger partial charge in [0, 0.05) is 25.8 Å². The van der Waals surface area contributed by atoms with Gasteiger partial charge in [0.25, 0.3) is 0 Å². The van der Waals surface area contributed by atoms with Crippen molar-refractivity contribution in [3.8, 4) is 6.07 Å². The summed E-state index contributed by atoms with van der Waals surface area (Å²) >= 11 is 0. The molecule has 2 aliphatic rings. The maximum absolute atomic E-state index is 12.4. The number of hydrogen-bond acceptors (Lipinski definition) is 6. The van der Waals surface area contributed by atoms with Gasteiger partial charge in [0.05, 0.1) is 18.8 Å². The first-order valence-electron chi connectivity index (χ1n) is 8.00. The zero-order chi connectivity index (χ0) is 17.1. The predicted molar refractivity (Wildman–Crippen MR) is 86.7 cm³/mol. The summed E-state index contributed by atoms with van der Waals surface area (Å²) in [4.78, 5) is 33.8. The zero-order valence-electron chi connectivity index (χ0n) is 13.4. The maximum atomic E-state index is 12.4. The molecule has 3 rings (SSSR count). The third kappa shape index (κ3) is 3.31. The first-order valence-corrected chi connectivity index (χ1v) is 8.00. The van der Waals surface area contributed by atoms with E-state index in [1.54, 1.807) is 17.2 Å². The highest BCUT2D eigenvalue weighted by molar-refractivity contribution is 5.88. The van der Waals surface area contributed by atoms with Gasteiger partial charge in [-0.1, -0.05) is 0 Å². The largest absolute Gasteiger partial charge is 0.368 e. The lowest BCUT2D eigenvalue weighted by molar-refractivity contribution is -0.138. The summed E-state index contributed by atoms with van der Waals surface area (Å²) < 4.78 is 0. The quantitative estimate of drug-likeness (QED) is 0.799. The SMILES string of the molecule is N#Cc1ccc(N2CCN(CC(=O)N3CCC[C@@H]3C(N)=O)C2)nc1. The van der Waals surface area contributed by atoms with E-state index < -0.39 is 11.9 Å². The first-order chi connectivity index (χ1) is 11.6. The molecule has 2 saturated heterocycles. The number of likely N-dealkylation sites (tertiary alicyclic amines) is 1. The van der Waals surface area contributed by atoms with Crippen LogP contribution in [0.15, 0.2) is 18.3 Å². The van der Waals surface area contributed by atoms with E-state index in [2.05, 4.69) is 9.88 Å². The minimum absolute atomic E-state index is 0.0501. The van der Waals surface area contributed by atoms with E-state index in [0.29, 0.717) is 25.2 Å². The highest BCUT2D eigenvalue weighted by Gasteiger charge is 2.34. The predicted octanol–water partition coefficient (Wildman–Crippen LogP) is -0.491. The Labute approximate surface area is 140 Å². The van der Waals surface area contributed by atoms with Crippen molar-refractivity contribution in [1.82, 2.24) is 14.8 Å². The monoisotopic (exact) mass is 328 g/mol. The average molecular weight is 328 g/mol. The molecule has 0 aromatic carbocycles. The van der Waals surface area contributed by atoms with Crippen molar-refractivity contribution in [2.75, 3.05) is 37.7 Å². The Morgan fingerprint density at radius 1 is 1.33 bits per heavy atom. The average Bonchev–Trinajstić information content (AvgIpc) is 3.24. The fourth-order valence-electron chi connectivity index (χ4n) is 3.24. The fourth-order valence-corrected chi connectivity index (χ4v) is 3.24. The number of nitriles is 1. The second kappa shape index (κ2) is 6.84. The van der Waals surface area contributed by atoms with Crippen molar-refractivity contribution in [2.24, 2.45) is 5.73 Å². The zero-order valence-corrected chi connectivity index (χ0v) is 13.4. The Kier molecular flexibility index (Phi) is 4.62. The Bertz CT molecular complexity index is 668. The molecule has 0 saturated carbocycles. The van der Waals surface area contributed by atoms with Gasteiger partial charge in [-0.3, -0.25) is 14.5 Å². The fraction of sp³-hybridized carbons (Fsp3) is 0.500. The second-order valence-corrected chi connectivity index (χ2v) is 6.12. The van der Waals surface area contributed by atoms with Crippen LogP contribution in [0.5, 0.6) is 0 Å². The van der Waals surface area contributed by atoms with Gasteiger partial charge in [-0.2, -0.15) is 5.26 Å². The van der Waals surface area contributed by atoms with Crippen LogP contribution in [0.2, 0.25) is 0 Å². The van der Waals surface area contributed by atoms with Gasteiger partial charge < -0.3 is 15.5 Å². The second-order valence-electron chi connectivity index (χ2n) is 6.12. The lowest BCUT2D eigenvalue weighted by Crippen LogP contribution is -2.47. The lowest BCUT2D eigenvalue weighted by Gasteiger charge is -2.25. The number of nitrogens with zero attached hydrogens (tertiary/aromatic N) is 5. The van der Waals surface area contributed by atoms with E-state index in [0.717, 1.165) is 25.3 Å². The van der Waals surface area contributed by atoms with E-state index in [9.17, 15) is 9.59 Å². The molecule has 1 aromatic rings. The molecule has 2 aliphatic heterocycles. The standard InChI is InChI=1S/C16H20N6O2/c17-8-12-3-4-14(19-9-12)21-7-6-20(11-21)10-15(23)22-5-1-2-13(22)16(18)24/h3-4,9,13H,1-2,5-7,10-11H2,(H2,18,24)/t13-/m1/s1. The molecule has 2 N–H and O–H groups in total. The number of carbonyl (C=O) groups is 2. The van der Waals surface area contributed by atoms with Gasteiger partial charge in [-0.15, -0.1) is 0 Å². The molecular weight excluding hydrogens is 308 g/mol. The first kappa shape index (κ1) is 16.2. The molecule has 8 heteroatoms. The van der Waals surface area contributed by atoms with Crippen LogP contribution in [-0.4, -0.2) is 65.5 Å². The highest BCUT2D eigenvalue weighted by atomic mass is 16.2. The Morgan fingerprint density at radius 3 is 2.83 bits per heavy atom. The van der Waals surface area contributed by atoms with Crippen LogP contribution < -0.4 is 10.6 Å². The minimum atomic E-state index is -0.462. The molecule has 0 aliphatic carbocycles. The molecule has 2 fully saturated rings. The van der Waals surface area contributed by atoms with Crippen molar-refractivity contribution < 1.29 is 9.59 Å². The molecule has 0 radical (unpaired) electrons. The van der Waals surface area contributed by atoms with Gasteiger partial charge in [0.15, 0.2) is 0 Å². The smallest absolute Gasteiger partial charge is 0.240 e. The number of aromatic nitrogens is 1. The van der Waals surface area contributed by atoms with Gasteiger partial charge in [0.2, 0.25) is 11.8 Å². The number of rotatable bonds is 4. The van der Waals surface area contributed by atoms with Crippen LogP contribution in [0.1, 0.15) is 18.4 Å². The summed E-state index contributed by atoms with van der Waals surface area (Å²) in [5.41, 5.74) is 5.89. The molecule has 0 bridgehead atoms. The molecule has 3 heterocycles. The normalized spacial score (nSPS) is 21.0. The topological polar surface area (TPSA) is 107 Å². The van der Waals surface area contributed by atoms with Crippen LogP contribution in [0.25, 0.3) is 0 Å². The van der Waals surface area contributed by atoms with Gasteiger partial charge in [-0.25, -0.2) is 4.98 Å². The molecule has 0 unspecified atom stereocenters. The summed E-state index contributed by atoms with van der Waals surface area (Å²) in [6, 6.07) is 5.13. The molecule has 8 nitrogen and oxygen atoms in total. The summed E-state index contributed by atoms with van der Waals surface area (Å²) in [5, 5.41) is 8.81. The number of nitrogens with two attached hydrogens (primary N) is 1. The molecule has 1 aromatic heterocycles. The van der Waals surface area contributed by atoms with Crippen LogP contribution in [0.4, 0.5) is 5.82 Å². The van der Waals surface area contributed by atoms with Gasteiger partial charge in [-0.05, 0) is 25.0 Å². The molecular formula is C16H20N6O2. The molecule has 1 atom stereocenters. The van der Waals surface area contributed by atoms with Gasteiger partial charge >= 0.3 is 0 Å². The third-order valence-electron chi connectivity index (χ3n) is 4.52.